The van der Waals surface area contributed by atoms with Crippen molar-refractivity contribution in [1.29, 1.82) is 0 Å². The van der Waals surface area contributed by atoms with Crippen LogP contribution in [0, 0.1) is 6.92 Å². The molecular formula is C16H18F2N2O5. The summed E-state index contributed by atoms with van der Waals surface area (Å²) in [7, 11) is 0. The van der Waals surface area contributed by atoms with Gasteiger partial charge in [0.25, 0.3) is 12.3 Å². The number of aliphatic hydroxyl groups is 1. The smallest absolute Gasteiger partial charge is 0.272 e. The molecule has 9 heteroatoms. The molecule has 2 aromatic rings. The number of benzene rings is 1. The summed E-state index contributed by atoms with van der Waals surface area (Å²) < 4.78 is 34.9. The quantitative estimate of drug-likeness (QED) is 0.693. The number of halogens is 2. The Balaban J connectivity index is 2.35. The first kappa shape index (κ1) is 18.7. The molecule has 1 heterocycles. The van der Waals surface area contributed by atoms with Gasteiger partial charge in [0.1, 0.15) is 29.7 Å². The Labute approximate surface area is 141 Å². The van der Waals surface area contributed by atoms with Gasteiger partial charge in [0, 0.05) is 5.39 Å². The normalized spacial score (nSPS) is 13.7. The molecule has 0 aliphatic carbocycles. The lowest BCUT2D eigenvalue weighted by Crippen LogP contribution is -2.50. The molecule has 0 aliphatic rings. The van der Waals surface area contributed by atoms with Crippen molar-refractivity contribution >= 4 is 22.8 Å². The lowest BCUT2D eigenvalue weighted by atomic mass is 10.1. The zero-order valence-corrected chi connectivity index (χ0v) is 13.6. The van der Waals surface area contributed by atoms with E-state index in [2.05, 4.69) is 5.32 Å². The largest absolute Gasteiger partial charge is 0.488 e. The highest BCUT2D eigenvalue weighted by molar-refractivity contribution is 6.08. The number of ether oxygens (including phenoxy) is 1. The molecule has 0 radical (unpaired) electrons. The van der Waals surface area contributed by atoms with E-state index < -0.39 is 37.0 Å². The van der Waals surface area contributed by atoms with Crippen LogP contribution in [0.15, 0.2) is 22.6 Å². The number of nitrogens with one attached hydrogen (secondary N) is 1. The van der Waals surface area contributed by atoms with Crippen molar-refractivity contribution in [1.82, 2.24) is 5.32 Å². The van der Waals surface area contributed by atoms with Crippen LogP contribution in [0.2, 0.25) is 0 Å². The number of furan rings is 1. The highest BCUT2D eigenvalue weighted by atomic mass is 19.3. The van der Waals surface area contributed by atoms with Gasteiger partial charge in [-0.15, -0.1) is 0 Å². The summed E-state index contributed by atoms with van der Waals surface area (Å²) >= 11 is 0. The minimum absolute atomic E-state index is 0.101. The second kappa shape index (κ2) is 7.47. The average Bonchev–Trinajstić information content (AvgIpc) is 2.84. The number of hydrogen-bond donors (Lipinski definition) is 3. The fraction of sp³-hybridized carbons (Fsp3) is 0.375. The molecule has 4 N–H and O–H groups in total. The maximum atomic E-state index is 12.5. The zero-order chi connectivity index (χ0) is 18.7. The highest BCUT2D eigenvalue weighted by Gasteiger charge is 2.27. The number of carbonyl (C=O) groups is 2. The van der Waals surface area contributed by atoms with Crippen LogP contribution in [-0.4, -0.2) is 42.1 Å². The van der Waals surface area contributed by atoms with Crippen molar-refractivity contribution in [3.05, 3.63) is 29.5 Å². The molecule has 0 bridgehead atoms. The molecule has 25 heavy (non-hydrogen) atoms. The predicted molar refractivity (Wildman–Crippen MR) is 84.6 cm³/mol. The number of carbonyl (C=O) groups excluding carboxylic acids is 2. The summed E-state index contributed by atoms with van der Waals surface area (Å²) in [6, 6.07) is 3.04. The van der Waals surface area contributed by atoms with Gasteiger partial charge in [-0.3, -0.25) is 9.59 Å². The third kappa shape index (κ3) is 4.24. The Hall–Kier alpha value is -2.68. The molecule has 0 saturated heterocycles. The summed E-state index contributed by atoms with van der Waals surface area (Å²) in [6.45, 7) is 2.07. The monoisotopic (exact) mass is 356 g/mol. The van der Waals surface area contributed by atoms with E-state index in [1.165, 1.54) is 32.0 Å². The maximum Gasteiger partial charge on any atom is 0.272 e. The molecule has 2 rings (SSSR count). The van der Waals surface area contributed by atoms with Crippen LogP contribution >= 0.6 is 0 Å². The molecule has 136 valence electrons. The third-order valence-electron chi connectivity index (χ3n) is 3.51. The van der Waals surface area contributed by atoms with E-state index in [0.717, 1.165) is 0 Å². The SMILES string of the molecule is Cc1oc2ccc(OCC(F)F)cc2c1C(=O)N[C@H](C(N)=O)[C@@H](C)O. The van der Waals surface area contributed by atoms with Crippen LogP contribution in [0.1, 0.15) is 23.0 Å². The van der Waals surface area contributed by atoms with Gasteiger partial charge in [-0.2, -0.15) is 0 Å². The van der Waals surface area contributed by atoms with Gasteiger partial charge in [0.15, 0.2) is 0 Å². The molecule has 1 aromatic heterocycles. The second-order valence-electron chi connectivity index (χ2n) is 5.49. The van der Waals surface area contributed by atoms with E-state index in [1.54, 1.807) is 0 Å². The molecule has 0 saturated carbocycles. The summed E-state index contributed by atoms with van der Waals surface area (Å²) in [5, 5.41) is 12.2. The Kier molecular flexibility index (Phi) is 5.58. The molecule has 0 unspecified atom stereocenters. The van der Waals surface area contributed by atoms with Crippen molar-refractivity contribution in [2.24, 2.45) is 5.73 Å². The second-order valence-corrected chi connectivity index (χ2v) is 5.49. The first-order valence-electron chi connectivity index (χ1n) is 7.43. The van der Waals surface area contributed by atoms with Gasteiger partial charge >= 0.3 is 0 Å². The molecule has 0 spiro atoms. The number of amides is 2. The minimum Gasteiger partial charge on any atom is -0.488 e. The van der Waals surface area contributed by atoms with E-state index in [0.29, 0.717) is 11.0 Å². The fourth-order valence-electron chi connectivity index (χ4n) is 2.37. The van der Waals surface area contributed by atoms with Crippen molar-refractivity contribution in [3.63, 3.8) is 0 Å². The van der Waals surface area contributed by atoms with Gasteiger partial charge in [-0.1, -0.05) is 0 Å². The van der Waals surface area contributed by atoms with Crippen molar-refractivity contribution in [3.8, 4) is 5.75 Å². The van der Waals surface area contributed by atoms with E-state index in [9.17, 15) is 23.5 Å². The van der Waals surface area contributed by atoms with E-state index in [-0.39, 0.29) is 17.1 Å². The van der Waals surface area contributed by atoms with E-state index >= 15 is 0 Å². The first-order chi connectivity index (χ1) is 11.7. The first-order valence-corrected chi connectivity index (χ1v) is 7.43. The average molecular weight is 356 g/mol. The Morgan fingerprint density at radius 2 is 2.08 bits per heavy atom. The summed E-state index contributed by atoms with van der Waals surface area (Å²) in [4.78, 5) is 23.8. The number of primary amides is 1. The zero-order valence-electron chi connectivity index (χ0n) is 13.6. The Bertz CT molecular complexity index is 788. The number of aliphatic hydroxyl groups excluding tert-OH is 1. The third-order valence-corrected chi connectivity index (χ3v) is 3.51. The number of hydrogen-bond acceptors (Lipinski definition) is 5. The van der Waals surface area contributed by atoms with Crippen LogP contribution < -0.4 is 15.8 Å². The van der Waals surface area contributed by atoms with Gasteiger partial charge in [0.2, 0.25) is 5.91 Å². The molecular weight excluding hydrogens is 338 g/mol. The Morgan fingerprint density at radius 1 is 1.40 bits per heavy atom. The maximum absolute atomic E-state index is 12.5. The lowest BCUT2D eigenvalue weighted by molar-refractivity contribution is -0.122. The number of aryl methyl sites for hydroxylation is 1. The van der Waals surface area contributed by atoms with Crippen LogP contribution in [0.25, 0.3) is 11.0 Å². The molecule has 0 aliphatic heterocycles. The summed E-state index contributed by atoms with van der Waals surface area (Å²) in [5.74, 6) is -1.18. The molecule has 2 atom stereocenters. The van der Waals surface area contributed by atoms with Crippen LogP contribution in [-0.2, 0) is 4.79 Å². The molecule has 1 aromatic carbocycles. The number of fused-ring (bicyclic) bond motifs is 1. The van der Waals surface area contributed by atoms with E-state index in [4.69, 9.17) is 14.9 Å². The standard InChI is InChI=1S/C16H18F2N2O5/c1-7(21)14(15(19)22)20-16(23)13-8(2)25-11-4-3-9(5-10(11)13)24-6-12(17)18/h3-5,7,12,14,21H,6H2,1-2H3,(H2,19,22)(H,20,23)/t7-,14+/m1/s1. The van der Waals surface area contributed by atoms with Gasteiger partial charge in [0.05, 0.1) is 11.7 Å². The number of rotatable bonds is 7. The minimum atomic E-state index is -2.63. The van der Waals surface area contributed by atoms with Gasteiger partial charge in [-0.05, 0) is 32.0 Å². The lowest BCUT2D eigenvalue weighted by Gasteiger charge is -2.17. The number of nitrogens with two attached hydrogens (primary N) is 1. The van der Waals surface area contributed by atoms with Gasteiger partial charge in [-0.25, -0.2) is 8.78 Å². The van der Waals surface area contributed by atoms with Crippen LogP contribution in [0.5, 0.6) is 5.75 Å². The Morgan fingerprint density at radius 3 is 2.64 bits per heavy atom. The molecule has 7 nitrogen and oxygen atoms in total. The highest BCUT2D eigenvalue weighted by Crippen LogP contribution is 2.29. The van der Waals surface area contributed by atoms with Gasteiger partial charge < -0.3 is 25.3 Å². The predicted octanol–water partition coefficient (Wildman–Crippen LogP) is 1.35. The molecule has 0 fully saturated rings. The van der Waals surface area contributed by atoms with Crippen molar-refractivity contribution < 1.29 is 32.6 Å². The van der Waals surface area contributed by atoms with Crippen LogP contribution in [0.3, 0.4) is 0 Å². The van der Waals surface area contributed by atoms with Crippen LogP contribution in [0.4, 0.5) is 8.78 Å². The van der Waals surface area contributed by atoms with Crippen molar-refractivity contribution in [2.75, 3.05) is 6.61 Å². The fourth-order valence-corrected chi connectivity index (χ4v) is 2.37. The number of alkyl halides is 2. The molecule has 2 amide bonds. The van der Waals surface area contributed by atoms with E-state index in [1.807, 2.05) is 0 Å². The van der Waals surface area contributed by atoms with Crippen molar-refractivity contribution in [2.45, 2.75) is 32.4 Å². The summed E-state index contributed by atoms with van der Waals surface area (Å²) in [6.07, 6.45) is -3.82. The topological polar surface area (TPSA) is 115 Å². The summed E-state index contributed by atoms with van der Waals surface area (Å²) in [5.41, 5.74) is 5.60.